The zero-order chi connectivity index (χ0) is 35.6. The Morgan fingerprint density at radius 1 is 0.407 bits per heavy atom. The van der Waals surface area contributed by atoms with Crippen LogP contribution in [0.1, 0.15) is 0 Å². The topological polar surface area (TPSA) is 43.9 Å². The van der Waals surface area contributed by atoms with Gasteiger partial charge in [-0.15, -0.1) is 0 Å². The molecule has 252 valence electrons. The summed E-state index contributed by atoms with van der Waals surface area (Å²) < 4.78 is 9.31. The molecule has 11 aromatic rings. The Labute approximate surface area is 311 Å². The van der Waals surface area contributed by atoms with Crippen molar-refractivity contribution in [2.75, 3.05) is 0 Å². The lowest BCUT2D eigenvalue weighted by Gasteiger charge is -2.11. The largest absolute Gasteiger partial charge is 0.454 e. The quantitative estimate of drug-likeness (QED) is 0.181. The van der Waals surface area contributed by atoms with Gasteiger partial charge in [-0.1, -0.05) is 158 Å². The first-order valence-corrected chi connectivity index (χ1v) is 18.2. The summed E-state index contributed by atoms with van der Waals surface area (Å²) in [7, 11) is 0. The number of furan rings is 1. The highest BCUT2D eigenvalue weighted by Crippen LogP contribution is 2.43. The normalized spacial score (nSPS) is 11.7. The van der Waals surface area contributed by atoms with Gasteiger partial charge in [-0.25, -0.2) is 9.97 Å². The summed E-state index contributed by atoms with van der Waals surface area (Å²) in [5, 5.41) is 5.42. The Kier molecular flexibility index (Phi) is 6.82. The van der Waals surface area contributed by atoms with Crippen LogP contribution >= 0.6 is 0 Å². The van der Waals surface area contributed by atoms with E-state index in [0.29, 0.717) is 5.82 Å². The van der Waals surface area contributed by atoms with Crippen molar-refractivity contribution in [2.45, 2.75) is 0 Å². The van der Waals surface area contributed by atoms with Crippen molar-refractivity contribution in [1.29, 1.82) is 0 Å². The van der Waals surface area contributed by atoms with Crippen LogP contribution in [0.4, 0.5) is 0 Å². The smallest absolute Gasteiger partial charge is 0.161 e. The fourth-order valence-electron chi connectivity index (χ4n) is 8.11. The van der Waals surface area contributed by atoms with E-state index in [0.717, 1.165) is 77.5 Å². The van der Waals surface area contributed by atoms with Gasteiger partial charge in [0.25, 0.3) is 0 Å². The maximum absolute atomic E-state index is 6.92. The van der Waals surface area contributed by atoms with Gasteiger partial charge in [0.15, 0.2) is 11.4 Å². The number of para-hydroxylation sites is 2. The van der Waals surface area contributed by atoms with E-state index in [9.17, 15) is 0 Å². The third kappa shape index (κ3) is 4.78. The molecule has 54 heavy (non-hydrogen) atoms. The molecule has 4 nitrogen and oxygen atoms in total. The molecule has 3 heterocycles. The number of aromatic nitrogens is 3. The molecule has 3 aromatic heterocycles. The summed E-state index contributed by atoms with van der Waals surface area (Å²) in [4.78, 5) is 10.4. The minimum Gasteiger partial charge on any atom is -0.454 e. The second-order valence-electron chi connectivity index (χ2n) is 13.7. The first kappa shape index (κ1) is 30.3. The molecule has 0 fully saturated rings. The van der Waals surface area contributed by atoms with Crippen molar-refractivity contribution in [2.24, 2.45) is 0 Å². The first-order valence-electron chi connectivity index (χ1n) is 18.2. The van der Waals surface area contributed by atoms with Gasteiger partial charge in [0.05, 0.1) is 27.9 Å². The van der Waals surface area contributed by atoms with Crippen molar-refractivity contribution in [3.8, 4) is 50.6 Å². The van der Waals surface area contributed by atoms with E-state index in [1.807, 2.05) is 24.3 Å². The summed E-state index contributed by atoms with van der Waals surface area (Å²) in [6.45, 7) is 0. The molecular formula is C50H31N3O. The van der Waals surface area contributed by atoms with E-state index in [2.05, 4.69) is 168 Å². The van der Waals surface area contributed by atoms with Gasteiger partial charge in [-0.05, 0) is 52.6 Å². The molecule has 4 heteroatoms. The average molecular weight is 690 g/mol. The van der Waals surface area contributed by atoms with E-state index < -0.39 is 0 Å². The van der Waals surface area contributed by atoms with E-state index in [1.165, 1.54) is 21.9 Å². The standard InChI is InChI=1S/C50H31N3O/c1-4-14-32(15-5-1)35-26-28-37-38-29-27-36(33-16-6-2-7-17-33)31-45(38)53(44(37)30-35)43-24-12-21-40-47-41(22-13-25-46(47)54-49(40)43)50-51-42-23-11-10-20-39(42)48(52-50)34-18-8-3-9-19-34/h1-31H. The molecule has 0 N–H and O–H groups in total. The molecule has 0 aliphatic carbocycles. The number of benzene rings is 8. The van der Waals surface area contributed by atoms with Gasteiger partial charge in [-0.3, -0.25) is 0 Å². The van der Waals surface area contributed by atoms with E-state index in [-0.39, 0.29) is 0 Å². The monoisotopic (exact) mass is 689 g/mol. The molecular weight excluding hydrogens is 659 g/mol. The Morgan fingerprint density at radius 3 is 1.65 bits per heavy atom. The molecule has 0 unspecified atom stereocenters. The van der Waals surface area contributed by atoms with Crippen LogP contribution in [-0.4, -0.2) is 14.5 Å². The molecule has 0 bridgehead atoms. The number of hydrogen-bond donors (Lipinski definition) is 0. The van der Waals surface area contributed by atoms with E-state index >= 15 is 0 Å². The second-order valence-corrected chi connectivity index (χ2v) is 13.7. The highest BCUT2D eigenvalue weighted by atomic mass is 16.3. The molecule has 8 aromatic carbocycles. The molecule has 0 saturated carbocycles. The number of rotatable bonds is 5. The summed E-state index contributed by atoms with van der Waals surface area (Å²) >= 11 is 0. The number of hydrogen-bond acceptors (Lipinski definition) is 3. The third-order valence-corrected chi connectivity index (χ3v) is 10.6. The predicted octanol–water partition coefficient (Wildman–Crippen LogP) is 13.3. The van der Waals surface area contributed by atoms with Crippen LogP contribution in [0.25, 0.3) is 105 Å². The summed E-state index contributed by atoms with van der Waals surface area (Å²) in [5.41, 5.74) is 13.3. The van der Waals surface area contributed by atoms with Crippen LogP contribution in [0.5, 0.6) is 0 Å². The molecule has 0 radical (unpaired) electrons. The lowest BCUT2D eigenvalue weighted by Crippen LogP contribution is -1.96. The molecule has 11 rings (SSSR count). The van der Waals surface area contributed by atoms with Crippen molar-refractivity contribution in [1.82, 2.24) is 14.5 Å². The predicted molar refractivity (Wildman–Crippen MR) is 223 cm³/mol. The minimum atomic E-state index is 0.670. The highest BCUT2D eigenvalue weighted by molar-refractivity contribution is 6.16. The average Bonchev–Trinajstić information content (AvgIpc) is 3.79. The molecule has 0 spiro atoms. The van der Waals surface area contributed by atoms with Crippen molar-refractivity contribution >= 4 is 54.6 Å². The SMILES string of the molecule is c1ccc(-c2ccc3c4ccc(-c5ccccc5)cc4n(-c4cccc5c4oc4cccc(-c6nc(-c7ccccc7)c7ccccc7n6)c45)c3c2)cc1. The first-order chi connectivity index (χ1) is 26.8. The molecule has 0 aliphatic heterocycles. The van der Waals surface area contributed by atoms with Crippen LogP contribution in [-0.2, 0) is 0 Å². The highest BCUT2D eigenvalue weighted by Gasteiger charge is 2.22. The van der Waals surface area contributed by atoms with Crippen LogP contribution in [0.3, 0.4) is 0 Å². The maximum Gasteiger partial charge on any atom is 0.161 e. The van der Waals surface area contributed by atoms with Crippen molar-refractivity contribution in [3.63, 3.8) is 0 Å². The summed E-state index contributed by atoms with van der Waals surface area (Å²) in [5.74, 6) is 0.670. The molecule has 0 amide bonds. The van der Waals surface area contributed by atoms with Gasteiger partial charge < -0.3 is 8.98 Å². The lowest BCUT2D eigenvalue weighted by atomic mass is 10.0. The van der Waals surface area contributed by atoms with Crippen LogP contribution in [0.15, 0.2) is 192 Å². The Morgan fingerprint density at radius 2 is 0.981 bits per heavy atom. The number of nitrogens with zero attached hydrogens (tertiary/aromatic N) is 3. The zero-order valence-electron chi connectivity index (χ0n) is 29.1. The summed E-state index contributed by atoms with van der Waals surface area (Å²) in [6.07, 6.45) is 0. The third-order valence-electron chi connectivity index (χ3n) is 10.6. The summed E-state index contributed by atoms with van der Waals surface area (Å²) in [6, 6.07) is 66.0. The van der Waals surface area contributed by atoms with Gasteiger partial charge in [-0.2, -0.15) is 0 Å². The second kappa shape index (κ2) is 12.1. The Balaban J connectivity index is 1.19. The van der Waals surface area contributed by atoms with Gasteiger partial charge in [0.1, 0.15) is 5.58 Å². The zero-order valence-corrected chi connectivity index (χ0v) is 29.1. The number of fused-ring (bicyclic) bond motifs is 7. The maximum atomic E-state index is 6.92. The van der Waals surface area contributed by atoms with Gasteiger partial charge >= 0.3 is 0 Å². The molecule has 0 saturated heterocycles. The van der Waals surface area contributed by atoms with Crippen LogP contribution in [0.2, 0.25) is 0 Å². The van der Waals surface area contributed by atoms with Crippen LogP contribution < -0.4 is 0 Å². The Bertz CT molecular complexity index is 3100. The van der Waals surface area contributed by atoms with Crippen LogP contribution in [0, 0.1) is 0 Å². The van der Waals surface area contributed by atoms with Crippen molar-refractivity contribution in [3.05, 3.63) is 188 Å². The lowest BCUT2D eigenvalue weighted by molar-refractivity contribution is 0.666. The molecule has 0 aliphatic rings. The Hall–Kier alpha value is -7.30. The van der Waals surface area contributed by atoms with Gasteiger partial charge in [0.2, 0.25) is 0 Å². The van der Waals surface area contributed by atoms with E-state index in [1.54, 1.807) is 0 Å². The fourth-order valence-corrected chi connectivity index (χ4v) is 8.11. The molecule has 0 atom stereocenters. The van der Waals surface area contributed by atoms with E-state index in [4.69, 9.17) is 14.4 Å². The van der Waals surface area contributed by atoms with Gasteiger partial charge in [0, 0.05) is 38.1 Å². The fraction of sp³-hybridized carbons (Fsp3) is 0. The van der Waals surface area contributed by atoms with Crippen molar-refractivity contribution < 1.29 is 4.42 Å². The minimum absolute atomic E-state index is 0.670.